The molecule has 1 aromatic rings. The van der Waals surface area contributed by atoms with Crippen LogP contribution in [0, 0.1) is 11.8 Å². The Morgan fingerprint density at radius 2 is 2.05 bits per heavy atom. The summed E-state index contributed by atoms with van der Waals surface area (Å²) >= 11 is 1.57. The molecule has 0 radical (unpaired) electrons. The number of ketones is 1. The summed E-state index contributed by atoms with van der Waals surface area (Å²) in [6.45, 7) is 4.92. The number of hydrogen-bond donors (Lipinski definition) is 2. The lowest BCUT2D eigenvalue weighted by Crippen LogP contribution is -2.08. The highest BCUT2D eigenvalue weighted by Crippen LogP contribution is 2.51. The van der Waals surface area contributed by atoms with Crippen molar-refractivity contribution in [3.63, 3.8) is 0 Å². The zero-order valence-corrected chi connectivity index (χ0v) is 12.5. The first kappa shape index (κ1) is 13.0. The number of nitrogens with one attached hydrogen (secondary N) is 1. The van der Waals surface area contributed by atoms with E-state index in [0.717, 1.165) is 28.0 Å². The molecule has 0 bridgehead atoms. The molecular formula is C15H22N2OS. The average Bonchev–Trinajstić information content (AvgIpc) is 3.25. The number of carbonyl (C=O) groups excluding carboxylic acids is 1. The Hall–Kier alpha value is -1.03. The highest BCUT2D eigenvalue weighted by molar-refractivity contribution is 7.18. The summed E-state index contributed by atoms with van der Waals surface area (Å²) in [4.78, 5) is 13.0. The van der Waals surface area contributed by atoms with E-state index in [-0.39, 0.29) is 11.7 Å². The van der Waals surface area contributed by atoms with Crippen LogP contribution in [-0.4, -0.2) is 12.3 Å². The van der Waals surface area contributed by atoms with Gasteiger partial charge >= 0.3 is 0 Å². The number of nitrogens with two attached hydrogens (primary N) is 1. The molecule has 0 saturated heterocycles. The molecule has 3 nitrogen and oxygen atoms in total. The van der Waals surface area contributed by atoms with E-state index in [1.165, 1.54) is 31.2 Å². The van der Waals surface area contributed by atoms with Crippen LogP contribution in [0.1, 0.15) is 60.7 Å². The topological polar surface area (TPSA) is 55.1 Å². The van der Waals surface area contributed by atoms with Crippen LogP contribution in [0.15, 0.2) is 0 Å². The zero-order chi connectivity index (χ0) is 13.6. The Labute approximate surface area is 118 Å². The molecule has 2 aliphatic rings. The maximum Gasteiger partial charge on any atom is 0.177 e. The predicted molar refractivity (Wildman–Crippen MR) is 81.1 cm³/mol. The summed E-state index contributed by atoms with van der Waals surface area (Å²) in [5.74, 6) is 1.62. The van der Waals surface area contributed by atoms with Crippen LogP contribution in [0.2, 0.25) is 0 Å². The van der Waals surface area contributed by atoms with Crippen molar-refractivity contribution in [2.45, 2.75) is 45.4 Å². The van der Waals surface area contributed by atoms with Crippen molar-refractivity contribution in [1.82, 2.24) is 0 Å². The Balaban J connectivity index is 1.87. The van der Waals surface area contributed by atoms with Gasteiger partial charge in [0.1, 0.15) is 0 Å². The molecule has 1 aromatic heterocycles. The van der Waals surface area contributed by atoms with Gasteiger partial charge in [-0.05, 0) is 37.5 Å². The predicted octanol–water partition coefficient (Wildman–Crippen LogP) is 3.87. The second kappa shape index (κ2) is 4.82. The summed E-state index contributed by atoms with van der Waals surface area (Å²) in [6, 6.07) is 0. The molecule has 104 valence electrons. The first-order valence-electron chi connectivity index (χ1n) is 7.28. The molecule has 0 amide bonds. The van der Waals surface area contributed by atoms with Crippen molar-refractivity contribution < 1.29 is 4.79 Å². The first-order valence-corrected chi connectivity index (χ1v) is 8.09. The highest BCUT2D eigenvalue weighted by atomic mass is 32.1. The molecule has 0 aliphatic heterocycles. The standard InChI is InChI=1S/C15H22N2OS/c1-8(2)13(18)14-12(16)11(10-5-6-10)15(19-14)17-7-9-3-4-9/h8-10,17H,3-7,16H2,1-2H3. The van der Waals surface area contributed by atoms with Gasteiger partial charge in [0.25, 0.3) is 0 Å². The number of thiophene rings is 1. The van der Waals surface area contributed by atoms with E-state index in [2.05, 4.69) is 5.32 Å². The monoisotopic (exact) mass is 278 g/mol. The van der Waals surface area contributed by atoms with Crippen molar-refractivity contribution >= 4 is 27.8 Å². The smallest absolute Gasteiger partial charge is 0.177 e. The molecule has 2 saturated carbocycles. The quantitative estimate of drug-likeness (QED) is 0.777. The van der Waals surface area contributed by atoms with Gasteiger partial charge in [-0.15, -0.1) is 11.3 Å². The zero-order valence-electron chi connectivity index (χ0n) is 11.7. The highest BCUT2D eigenvalue weighted by Gasteiger charge is 2.33. The second-order valence-corrected chi connectivity index (χ2v) is 7.23. The summed E-state index contributed by atoms with van der Waals surface area (Å²) in [6.07, 6.45) is 5.11. The van der Waals surface area contributed by atoms with E-state index in [1.807, 2.05) is 13.8 Å². The van der Waals surface area contributed by atoms with Gasteiger partial charge in [-0.3, -0.25) is 4.79 Å². The van der Waals surface area contributed by atoms with Gasteiger partial charge in [0.15, 0.2) is 5.78 Å². The van der Waals surface area contributed by atoms with Crippen molar-refractivity contribution in [3.8, 4) is 0 Å². The SMILES string of the molecule is CC(C)C(=O)c1sc(NCC2CC2)c(C2CC2)c1N. The summed E-state index contributed by atoms with van der Waals surface area (Å²) in [5.41, 5.74) is 8.24. The van der Waals surface area contributed by atoms with Gasteiger partial charge in [0.05, 0.1) is 15.6 Å². The lowest BCUT2D eigenvalue weighted by atomic mass is 10.0. The number of anilines is 2. The minimum absolute atomic E-state index is 0.0179. The van der Waals surface area contributed by atoms with E-state index in [9.17, 15) is 4.79 Å². The maximum atomic E-state index is 12.2. The van der Waals surface area contributed by atoms with E-state index in [0.29, 0.717) is 5.92 Å². The summed E-state index contributed by atoms with van der Waals surface area (Å²) in [5, 5.41) is 4.70. The van der Waals surface area contributed by atoms with E-state index in [4.69, 9.17) is 5.73 Å². The van der Waals surface area contributed by atoms with Gasteiger partial charge in [0.2, 0.25) is 0 Å². The van der Waals surface area contributed by atoms with Crippen LogP contribution >= 0.6 is 11.3 Å². The molecule has 0 spiro atoms. The average molecular weight is 278 g/mol. The van der Waals surface area contributed by atoms with E-state index >= 15 is 0 Å². The third kappa shape index (κ3) is 2.64. The van der Waals surface area contributed by atoms with Crippen LogP contribution in [0.3, 0.4) is 0 Å². The number of Topliss-reactive ketones (excluding diaryl/α,β-unsaturated/α-hetero) is 1. The molecule has 2 fully saturated rings. The van der Waals surface area contributed by atoms with E-state index < -0.39 is 0 Å². The molecule has 1 heterocycles. The van der Waals surface area contributed by atoms with Crippen LogP contribution in [0.4, 0.5) is 10.7 Å². The van der Waals surface area contributed by atoms with Gasteiger partial charge in [-0.25, -0.2) is 0 Å². The second-order valence-electron chi connectivity index (χ2n) is 6.21. The van der Waals surface area contributed by atoms with Gasteiger partial charge in [0, 0.05) is 18.0 Å². The fraction of sp³-hybridized carbons (Fsp3) is 0.667. The first-order chi connectivity index (χ1) is 9.08. The molecule has 2 aliphatic carbocycles. The largest absolute Gasteiger partial charge is 0.397 e. The molecule has 4 heteroatoms. The number of rotatable bonds is 6. The maximum absolute atomic E-state index is 12.2. The molecule has 0 aromatic carbocycles. The third-order valence-electron chi connectivity index (χ3n) is 3.97. The molecule has 19 heavy (non-hydrogen) atoms. The fourth-order valence-electron chi connectivity index (χ4n) is 2.37. The van der Waals surface area contributed by atoms with Crippen molar-refractivity contribution in [2.75, 3.05) is 17.6 Å². The summed E-state index contributed by atoms with van der Waals surface area (Å²) in [7, 11) is 0. The Bertz CT molecular complexity index is 498. The van der Waals surface area contributed by atoms with Crippen LogP contribution < -0.4 is 11.1 Å². The van der Waals surface area contributed by atoms with Crippen LogP contribution in [-0.2, 0) is 0 Å². The third-order valence-corrected chi connectivity index (χ3v) is 5.16. The molecule has 3 rings (SSSR count). The number of hydrogen-bond acceptors (Lipinski definition) is 4. The van der Waals surface area contributed by atoms with Gasteiger partial charge in [-0.2, -0.15) is 0 Å². The lowest BCUT2D eigenvalue weighted by Gasteiger charge is -2.06. The summed E-state index contributed by atoms with van der Waals surface area (Å²) < 4.78 is 0. The fourth-order valence-corrected chi connectivity index (χ4v) is 3.67. The van der Waals surface area contributed by atoms with Crippen molar-refractivity contribution in [2.24, 2.45) is 11.8 Å². The molecular weight excluding hydrogens is 256 g/mol. The van der Waals surface area contributed by atoms with Crippen molar-refractivity contribution in [1.29, 1.82) is 0 Å². The number of carbonyl (C=O) groups is 1. The van der Waals surface area contributed by atoms with Crippen LogP contribution in [0.5, 0.6) is 0 Å². The lowest BCUT2D eigenvalue weighted by molar-refractivity contribution is 0.0944. The van der Waals surface area contributed by atoms with Gasteiger partial charge < -0.3 is 11.1 Å². The molecule has 0 atom stereocenters. The van der Waals surface area contributed by atoms with Crippen molar-refractivity contribution in [3.05, 3.63) is 10.4 Å². The molecule has 3 N–H and O–H groups in total. The van der Waals surface area contributed by atoms with Gasteiger partial charge in [-0.1, -0.05) is 13.8 Å². The molecule has 0 unspecified atom stereocenters. The van der Waals surface area contributed by atoms with E-state index in [1.54, 1.807) is 11.3 Å². The normalized spacial score (nSPS) is 18.9. The minimum atomic E-state index is 0.0179. The Morgan fingerprint density at radius 3 is 2.58 bits per heavy atom. The number of nitrogen functional groups attached to an aromatic ring is 1. The minimum Gasteiger partial charge on any atom is -0.397 e. The Morgan fingerprint density at radius 1 is 1.37 bits per heavy atom. The van der Waals surface area contributed by atoms with Crippen LogP contribution in [0.25, 0.3) is 0 Å². The Kier molecular flexibility index (Phi) is 3.29.